The van der Waals surface area contributed by atoms with Gasteiger partial charge < -0.3 is 4.90 Å². The summed E-state index contributed by atoms with van der Waals surface area (Å²) in [7, 11) is 0. The van der Waals surface area contributed by atoms with Crippen molar-refractivity contribution in [2.45, 2.75) is 24.8 Å². The van der Waals surface area contributed by atoms with E-state index in [1.807, 2.05) is 18.2 Å². The molecule has 1 aliphatic carbocycles. The fraction of sp³-hybridized carbons (Fsp3) is 0.500. The Morgan fingerprint density at radius 2 is 2.05 bits per heavy atom. The first kappa shape index (κ1) is 12.1. The normalized spacial score (nSPS) is 29.3. The van der Waals surface area contributed by atoms with Crippen LogP contribution in [0.5, 0.6) is 0 Å². The first-order chi connectivity index (χ1) is 9.16. The molecule has 1 saturated heterocycles. The molecule has 5 heteroatoms. The summed E-state index contributed by atoms with van der Waals surface area (Å²) in [5, 5.41) is 10.6. The third-order valence-corrected chi connectivity index (χ3v) is 4.12. The monoisotopic (exact) mass is 260 g/mol. The molecule has 1 heterocycles. The van der Waals surface area contributed by atoms with Gasteiger partial charge >= 0.3 is 0 Å². The van der Waals surface area contributed by atoms with Crippen molar-refractivity contribution in [3.8, 4) is 0 Å². The summed E-state index contributed by atoms with van der Waals surface area (Å²) in [6.45, 7) is 1.42. The van der Waals surface area contributed by atoms with Gasteiger partial charge in [0.1, 0.15) is 5.92 Å². The van der Waals surface area contributed by atoms with Gasteiger partial charge in [0.05, 0.1) is 0 Å². The van der Waals surface area contributed by atoms with Gasteiger partial charge in [0.25, 0.3) is 0 Å². The van der Waals surface area contributed by atoms with Crippen LogP contribution in [0.25, 0.3) is 0 Å². The molecule has 2 fully saturated rings. The van der Waals surface area contributed by atoms with Crippen molar-refractivity contribution in [2.24, 2.45) is 5.92 Å². The second-order valence-corrected chi connectivity index (χ2v) is 5.38. The maximum atomic E-state index is 12.1. The standard InChI is InChI=1S/C14H16N2O3/c17-14(12-8-13(12)16(18)19)15-7-6-11(9-15)10-4-2-1-3-5-10/h1-5,11-13H,6-9H2. The molecule has 19 heavy (non-hydrogen) atoms. The van der Waals surface area contributed by atoms with Crippen LogP contribution in [-0.2, 0) is 4.79 Å². The Labute approximate surface area is 111 Å². The lowest BCUT2D eigenvalue weighted by molar-refractivity contribution is -0.497. The van der Waals surface area contributed by atoms with Crippen molar-refractivity contribution in [2.75, 3.05) is 13.1 Å². The summed E-state index contributed by atoms with van der Waals surface area (Å²) in [4.78, 5) is 24.2. The van der Waals surface area contributed by atoms with Crippen LogP contribution in [0.3, 0.4) is 0 Å². The summed E-state index contributed by atoms with van der Waals surface area (Å²) in [6, 6.07) is 9.51. The van der Waals surface area contributed by atoms with Gasteiger partial charge in [-0.2, -0.15) is 0 Å². The fourth-order valence-corrected chi connectivity index (χ4v) is 2.87. The highest BCUT2D eigenvalue weighted by molar-refractivity contribution is 5.82. The first-order valence-electron chi connectivity index (χ1n) is 6.64. The predicted molar refractivity (Wildman–Crippen MR) is 69.3 cm³/mol. The summed E-state index contributed by atoms with van der Waals surface area (Å²) < 4.78 is 0. The molecular formula is C14H16N2O3. The molecule has 100 valence electrons. The molecule has 3 unspecified atom stereocenters. The van der Waals surface area contributed by atoms with Gasteiger partial charge in [0.2, 0.25) is 11.9 Å². The largest absolute Gasteiger partial charge is 0.342 e. The van der Waals surface area contributed by atoms with E-state index in [0.717, 1.165) is 13.0 Å². The van der Waals surface area contributed by atoms with Crippen LogP contribution >= 0.6 is 0 Å². The molecule has 2 aliphatic rings. The van der Waals surface area contributed by atoms with Crippen molar-refractivity contribution in [3.05, 3.63) is 46.0 Å². The van der Waals surface area contributed by atoms with E-state index >= 15 is 0 Å². The highest BCUT2D eigenvalue weighted by Gasteiger charge is 2.55. The molecule has 0 bridgehead atoms. The fourth-order valence-electron chi connectivity index (χ4n) is 2.87. The molecule has 1 amide bonds. The van der Waals surface area contributed by atoms with Crippen LogP contribution in [-0.4, -0.2) is 34.9 Å². The molecule has 0 aromatic heterocycles. The zero-order chi connectivity index (χ0) is 13.4. The molecule has 0 spiro atoms. The Morgan fingerprint density at radius 3 is 2.68 bits per heavy atom. The zero-order valence-electron chi connectivity index (χ0n) is 10.6. The molecule has 1 aromatic carbocycles. The van der Waals surface area contributed by atoms with E-state index in [-0.39, 0.29) is 16.7 Å². The predicted octanol–water partition coefficient (Wildman–Crippen LogP) is 1.67. The zero-order valence-corrected chi connectivity index (χ0v) is 10.6. The van der Waals surface area contributed by atoms with Crippen LogP contribution in [0.15, 0.2) is 30.3 Å². The molecule has 5 nitrogen and oxygen atoms in total. The van der Waals surface area contributed by atoms with E-state index in [2.05, 4.69) is 12.1 Å². The van der Waals surface area contributed by atoms with E-state index in [1.54, 1.807) is 4.90 Å². The quantitative estimate of drug-likeness (QED) is 0.613. The summed E-state index contributed by atoms with van der Waals surface area (Å²) >= 11 is 0. The average Bonchev–Trinajstić information content (AvgIpc) is 3.08. The van der Waals surface area contributed by atoms with Crippen molar-refractivity contribution in [3.63, 3.8) is 0 Å². The van der Waals surface area contributed by atoms with Gasteiger partial charge in [-0.05, 0) is 12.0 Å². The van der Waals surface area contributed by atoms with Gasteiger partial charge in [-0.1, -0.05) is 30.3 Å². The van der Waals surface area contributed by atoms with Crippen LogP contribution in [0, 0.1) is 16.0 Å². The van der Waals surface area contributed by atoms with Crippen molar-refractivity contribution < 1.29 is 9.72 Å². The average molecular weight is 260 g/mol. The molecule has 3 rings (SSSR count). The summed E-state index contributed by atoms with van der Waals surface area (Å²) in [5.41, 5.74) is 1.25. The Bertz CT molecular complexity index is 503. The van der Waals surface area contributed by atoms with Crippen molar-refractivity contribution >= 4 is 5.91 Å². The minimum Gasteiger partial charge on any atom is -0.342 e. The Hall–Kier alpha value is -1.91. The number of carbonyl (C=O) groups excluding carboxylic acids is 1. The highest BCUT2D eigenvalue weighted by Crippen LogP contribution is 2.37. The Balaban J connectivity index is 1.61. The first-order valence-corrected chi connectivity index (χ1v) is 6.64. The van der Waals surface area contributed by atoms with Gasteiger partial charge in [0, 0.05) is 30.4 Å². The van der Waals surface area contributed by atoms with Crippen molar-refractivity contribution in [1.29, 1.82) is 0 Å². The van der Waals surface area contributed by atoms with Crippen LogP contribution in [0.1, 0.15) is 24.3 Å². The van der Waals surface area contributed by atoms with Crippen LogP contribution in [0.4, 0.5) is 0 Å². The maximum Gasteiger partial charge on any atom is 0.232 e. The van der Waals surface area contributed by atoms with Gasteiger partial charge in [-0.25, -0.2) is 0 Å². The lowest BCUT2D eigenvalue weighted by atomic mass is 9.99. The lowest BCUT2D eigenvalue weighted by Gasteiger charge is -2.16. The SMILES string of the molecule is O=C(C1CC1[N+](=O)[O-])N1CCC(c2ccccc2)C1. The topological polar surface area (TPSA) is 63.4 Å². The third kappa shape index (κ3) is 2.32. The molecular weight excluding hydrogens is 244 g/mol. The smallest absolute Gasteiger partial charge is 0.232 e. The molecule has 1 saturated carbocycles. The van der Waals surface area contributed by atoms with E-state index in [1.165, 1.54) is 5.56 Å². The van der Waals surface area contributed by atoms with E-state index < -0.39 is 6.04 Å². The Morgan fingerprint density at radius 1 is 1.32 bits per heavy atom. The number of benzene rings is 1. The minimum absolute atomic E-state index is 0.0277. The lowest BCUT2D eigenvalue weighted by Crippen LogP contribution is -2.31. The minimum atomic E-state index is -0.636. The van der Waals surface area contributed by atoms with Crippen LogP contribution in [0.2, 0.25) is 0 Å². The number of nitrogens with zero attached hydrogens (tertiary/aromatic N) is 2. The molecule has 3 atom stereocenters. The van der Waals surface area contributed by atoms with Gasteiger partial charge in [0.15, 0.2) is 0 Å². The number of rotatable bonds is 3. The molecule has 0 radical (unpaired) electrons. The Kier molecular flexibility index (Phi) is 2.97. The number of carbonyl (C=O) groups is 1. The highest BCUT2D eigenvalue weighted by atomic mass is 16.6. The molecule has 1 aromatic rings. The van der Waals surface area contributed by atoms with Crippen molar-refractivity contribution in [1.82, 2.24) is 4.90 Å². The second-order valence-electron chi connectivity index (χ2n) is 5.38. The molecule has 0 N–H and O–H groups in total. The number of amides is 1. The number of hydrogen-bond donors (Lipinski definition) is 0. The number of hydrogen-bond acceptors (Lipinski definition) is 3. The molecule has 1 aliphatic heterocycles. The van der Waals surface area contributed by atoms with Gasteiger partial charge in [-0.15, -0.1) is 0 Å². The van der Waals surface area contributed by atoms with E-state index in [4.69, 9.17) is 0 Å². The maximum absolute atomic E-state index is 12.1. The number of nitro groups is 1. The second kappa shape index (κ2) is 4.64. The van der Waals surface area contributed by atoms with E-state index in [9.17, 15) is 14.9 Å². The van der Waals surface area contributed by atoms with Crippen LogP contribution < -0.4 is 0 Å². The third-order valence-electron chi connectivity index (χ3n) is 4.12. The number of likely N-dealkylation sites (tertiary alicyclic amines) is 1. The van der Waals surface area contributed by atoms with Gasteiger partial charge in [-0.3, -0.25) is 14.9 Å². The summed E-state index contributed by atoms with van der Waals surface area (Å²) in [5.74, 6) is -0.0254. The summed E-state index contributed by atoms with van der Waals surface area (Å²) in [6.07, 6.45) is 1.37. The van der Waals surface area contributed by atoms with E-state index in [0.29, 0.717) is 18.9 Å².